The van der Waals surface area contributed by atoms with E-state index >= 15 is 0 Å². The molecule has 1 heterocycles. The summed E-state index contributed by atoms with van der Waals surface area (Å²) in [5.41, 5.74) is -1.12. The van der Waals surface area contributed by atoms with Crippen molar-refractivity contribution in [3.8, 4) is 12.3 Å². The second kappa shape index (κ2) is 2.76. The summed E-state index contributed by atoms with van der Waals surface area (Å²) in [6, 6.07) is 0. The maximum atomic E-state index is 10.1. The van der Waals surface area contributed by atoms with Gasteiger partial charge in [-0.1, -0.05) is 19.8 Å². The first-order chi connectivity index (χ1) is 5.41. The number of likely N-dealkylation sites (tertiary alicyclic amines) is 1. The van der Waals surface area contributed by atoms with Crippen LogP contribution in [0.5, 0.6) is 0 Å². The third-order valence-electron chi connectivity index (χ3n) is 2.88. The van der Waals surface area contributed by atoms with Gasteiger partial charge in [0.25, 0.3) is 0 Å². The Labute approximate surface area is 74.6 Å². The highest BCUT2D eigenvalue weighted by Gasteiger charge is 2.45. The van der Waals surface area contributed by atoms with Crippen LogP contribution < -0.4 is 0 Å². The molecule has 1 atom stereocenters. The number of piperidine rings is 1. The third-order valence-corrected chi connectivity index (χ3v) is 2.88. The lowest BCUT2D eigenvalue weighted by Gasteiger charge is -2.46. The topological polar surface area (TPSA) is 23.5 Å². The Morgan fingerprint density at radius 2 is 2.08 bits per heavy atom. The van der Waals surface area contributed by atoms with E-state index in [1.54, 1.807) is 0 Å². The van der Waals surface area contributed by atoms with Crippen LogP contribution in [0.3, 0.4) is 0 Å². The van der Waals surface area contributed by atoms with Gasteiger partial charge in [-0.05, 0) is 7.05 Å². The van der Waals surface area contributed by atoms with Crippen molar-refractivity contribution < 1.29 is 5.11 Å². The van der Waals surface area contributed by atoms with Crippen molar-refractivity contribution in [2.75, 3.05) is 20.1 Å². The summed E-state index contributed by atoms with van der Waals surface area (Å²) in [5, 5.41) is 10.1. The van der Waals surface area contributed by atoms with E-state index in [1.165, 1.54) is 0 Å². The molecule has 1 saturated heterocycles. The van der Waals surface area contributed by atoms with Crippen molar-refractivity contribution >= 4 is 0 Å². The smallest absolute Gasteiger partial charge is 0.132 e. The fourth-order valence-electron chi connectivity index (χ4n) is 1.84. The van der Waals surface area contributed by atoms with Gasteiger partial charge in [-0.3, -0.25) is 0 Å². The van der Waals surface area contributed by atoms with Crippen LogP contribution in [0.15, 0.2) is 0 Å². The zero-order valence-electron chi connectivity index (χ0n) is 8.09. The highest BCUT2D eigenvalue weighted by molar-refractivity contribution is 5.16. The lowest BCUT2D eigenvalue weighted by Crippen LogP contribution is -2.55. The van der Waals surface area contributed by atoms with Crippen LogP contribution in [0.4, 0.5) is 0 Å². The van der Waals surface area contributed by atoms with Gasteiger partial charge >= 0.3 is 0 Å². The van der Waals surface area contributed by atoms with Crippen LogP contribution in [0, 0.1) is 17.8 Å². The van der Waals surface area contributed by atoms with Crippen molar-refractivity contribution in [2.45, 2.75) is 25.9 Å². The number of hydrogen-bond acceptors (Lipinski definition) is 2. The molecule has 0 spiro atoms. The first kappa shape index (κ1) is 9.57. The number of rotatable bonds is 0. The fraction of sp³-hybridized carbons (Fsp3) is 0.800. The van der Waals surface area contributed by atoms with Gasteiger partial charge in [0.1, 0.15) is 5.60 Å². The highest BCUT2D eigenvalue weighted by Crippen LogP contribution is 2.37. The summed E-state index contributed by atoms with van der Waals surface area (Å²) < 4.78 is 0. The van der Waals surface area contributed by atoms with Gasteiger partial charge in [0, 0.05) is 24.9 Å². The Kier molecular flexibility index (Phi) is 2.20. The number of nitrogens with zero attached hydrogens (tertiary/aromatic N) is 1. The maximum absolute atomic E-state index is 10.1. The standard InChI is InChI=1S/C10H17NO/c1-5-10(12)6-7-11(4)8-9(10,2)3/h1,12H,6-8H2,2-4H3. The number of aliphatic hydroxyl groups is 1. The summed E-state index contributed by atoms with van der Waals surface area (Å²) in [5.74, 6) is 2.52. The van der Waals surface area contributed by atoms with E-state index in [2.05, 4.69) is 17.9 Å². The molecule has 1 rings (SSSR count). The van der Waals surface area contributed by atoms with E-state index in [4.69, 9.17) is 6.42 Å². The first-order valence-corrected chi connectivity index (χ1v) is 4.30. The Morgan fingerprint density at radius 1 is 1.50 bits per heavy atom. The van der Waals surface area contributed by atoms with Crippen LogP contribution in [0.25, 0.3) is 0 Å². The van der Waals surface area contributed by atoms with Gasteiger partial charge in [-0.2, -0.15) is 0 Å². The van der Waals surface area contributed by atoms with Crippen LogP contribution in [0.1, 0.15) is 20.3 Å². The molecule has 1 aliphatic heterocycles. The molecule has 0 aromatic carbocycles. The van der Waals surface area contributed by atoms with Crippen molar-refractivity contribution in [1.29, 1.82) is 0 Å². The van der Waals surface area contributed by atoms with Gasteiger partial charge in [0.05, 0.1) is 0 Å². The normalized spacial score (nSPS) is 35.9. The monoisotopic (exact) mass is 167 g/mol. The van der Waals surface area contributed by atoms with E-state index in [1.807, 2.05) is 13.8 Å². The third kappa shape index (κ3) is 1.35. The quantitative estimate of drug-likeness (QED) is 0.537. The zero-order chi connectivity index (χ0) is 9.41. The molecule has 1 fully saturated rings. The van der Waals surface area contributed by atoms with Gasteiger partial charge in [-0.15, -0.1) is 6.42 Å². The molecule has 2 nitrogen and oxygen atoms in total. The molecule has 0 bridgehead atoms. The van der Waals surface area contributed by atoms with Gasteiger partial charge < -0.3 is 10.0 Å². The molecular weight excluding hydrogens is 150 g/mol. The van der Waals surface area contributed by atoms with Crippen molar-refractivity contribution in [2.24, 2.45) is 5.41 Å². The Hall–Kier alpha value is -0.520. The molecule has 12 heavy (non-hydrogen) atoms. The molecule has 1 aliphatic rings. The minimum Gasteiger partial charge on any atom is -0.377 e. The zero-order valence-corrected chi connectivity index (χ0v) is 8.09. The van der Waals surface area contributed by atoms with Crippen molar-refractivity contribution in [3.63, 3.8) is 0 Å². The Morgan fingerprint density at radius 3 is 2.50 bits per heavy atom. The highest BCUT2D eigenvalue weighted by atomic mass is 16.3. The van der Waals surface area contributed by atoms with Crippen LogP contribution in [-0.4, -0.2) is 35.7 Å². The summed E-state index contributed by atoms with van der Waals surface area (Å²) in [4.78, 5) is 2.20. The molecular formula is C10H17NO. The molecule has 0 aromatic heterocycles. The summed E-state index contributed by atoms with van der Waals surface area (Å²) in [6.07, 6.45) is 6.01. The number of terminal acetylenes is 1. The predicted octanol–water partition coefficient (Wildman–Crippen LogP) is 0.712. The molecule has 68 valence electrons. The van der Waals surface area contributed by atoms with Gasteiger partial charge in [-0.25, -0.2) is 0 Å². The average Bonchev–Trinajstić information content (AvgIpc) is 1.97. The predicted molar refractivity (Wildman–Crippen MR) is 49.7 cm³/mol. The van der Waals surface area contributed by atoms with E-state index in [0.717, 1.165) is 13.1 Å². The first-order valence-electron chi connectivity index (χ1n) is 4.30. The van der Waals surface area contributed by atoms with Crippen LogP contribution >= 0.6 is 0 Å². The average molecular weight is 167 g/mol. The number of hydrogen-bond donors (Lipinski definition) is 1. The minimum atomic E-state index is -0.917. The van der Waals surface area contributed by atoms with E-state index in [-0.39, 0.29) is 5.41 Å². The van der Waals surface area contributed by atoms with Crippen molar-refractivity contribution in [3.05, 3.63) is 0 Å². The lowest BCUT2D eigenvalue weighted by molar-refractivity contribution is -0.0701. The Bertz CT molecular complexity index is 216. The maximum Gasteiger partial charge on any atom is 0.132 e. The lowest BCUT2D eigenvalue weighted by atomic mass is 9.70. The molecule has 0 aliphatic carbocycles. The molecule has 0 saturated carbocycles. The Balaban J connectivity index is 2.86. The molecule has 1 unspecified atom stereocenters. The minimum absolute atomic E-state index is 0.200. The molecule has 0 aromatic rings. The van der Waals surface area contributed by atoms with Crippen LogP contribution in [0.2, 0.25) is 0 Å². The molecule has 1 N–H and O–H groups in total. The van der Waals surface area contributed by atoms with Crippen LogP contribution in [-0.2, 0) is 0 Å². The summed E-state index contributed by atoms with van der Waals surface area (Å²) in [6.45, 7) is 5.77. The molecule has 0 radical (unpaired) electrons. The summed E-state index contributed by atoms with van der Waals surface area (Å²) in [7, 11) is 2.05. The summed E-state index contributed by atoms with van der Waals surface area (Å²) >= 11 is 0. The SMILES string of the molecule is C#CC1(O)CCN(C)CC1(C)C. The second-order valence-electron chi connectivity index (χ2n) is 4.38. The van der Waals surface area contributed by atoms with E-state index < -0.39 is 5.60 Å². The molecule has 0 amide bonds. The van der Waals surface area contributed by atoms with E-state index in [9.17, 15) is 5.11 Å². The van der Waals surface area contributed by atoms with Gasteiger partial charge in [0.2, 0.25) is 0 Å². The van der Waals surface area contributed by atoms with E-state index in [0.29, 0.717) is 6.42 Å². The second-order valence-corrected chi connectivity index (χ2v) is 4.38. The fourth-order valence-corrected chi connectivity index (χ4v) is 1.84. The van der Waals surface area contributed by atoms with Crippen molar-refractivity contribution in [1.82, 2.24) is 4.90 Å². The van der Waals surface area contributed by atoms with Gasteiger partial charge in [0.15, 0.2) is 0 Å². The largest absolute Gasteiger partial charge is 0.377 e. The molecule has 2 heteroatoms.